The molecule has 0 amide bonds. The molecule has 3 aromatic carbocycles. The Kier molecular flexibility index (Phi) is 5.51. The van der Waals surface area contributed by atoms with Crippen LogP contribution in [0.3, 0.4) is 0 Å². The molecular weight excluding hydrogens is 437 g/mol. The number of hydrogen-bond donors (Lipinski definition) is 0. The van der Waals surface area contributed by atoms with E-state index in [0.717, 1.165) is 22.0 Å². The van der Waals surface area contributed by atoms with E-state index in [2.05, 4.69) is 24.0 Å². The second-order valence-corrected chi connectivity index (χ2v) is 8.93. The number of benzene rings is 3. The van der Waals surface area contributed by atoms with Crippen molar-refractivity contribution in [2.24, 2.45) is 0 Å². The highest BCUT2D eigenvalue weighted by Crippen LogP contribution is 2.29. The third-order valence-electron chi connectivity index (χ3n) is 6.20. The molecule has 4 nitrogen and oxygen atoms in total. The zero-order valence-electron chi connectivity index (χ0n) is 18.4. The SMILES string of the molecule is Cc1ccc2c(c1)c1ncn(CC(C)c3ccccc3)c(=O)c1n2Cc1c(F)cccc1Cl. The van der Waals surface area contributed by atoms with Gasteiger partial charge in [0.05, 0.1) is 18.4 Å². The highest BCUT2D eigenvalue weighted by molar-refractivity contribution is 6.31. The Hall–Kier alpha value is -3.44. The second-order valence-electron chi connectivity index (χ2n) is 8.52. The monoisotopic (exact) mass is 459 g/mol. The first-order valence-electron chi connectivity index (χ1n) is 10.9. The second kappa shape index (κ2) is 8.49. The third-order valence-corrected chi connectivity index (χ3v) is 6.55. The van der Waals surface area contributed by atoms with Crippen LogP contribution in [0.15, 0.2) is 77.9 Å². The van der Waals surface area contributed by atoms with Gasteiger partial charge in [0, 0.05) is 22.5 Å². The first-order valence-corrected chi connectivity index (χ1v) is 11.3. The van der Waals surface area contributed by atoms with Crippen molar-refractivity contribution in [2.45, 2.75) is 32.9 Å². The van der Waals surface area contributed by atoms with Crippen molar-refractivity contribution in [1.82, 2.24) is 14.1 Å². The highest BCUT2D eigenvalue weighted by Gasteiger charge is 2.20. The molecule has 0 spiro atoms. The Balaban J connectivity index is 1.70. The summed E-state index contributed by atoms with van der Waals surface area (Å²) in [6, 6.07) is 20.7. The van der Waals surface area contributed by atoms with Crippen molar-refractivity contribution in [3.05, 3.63) is 111 Å². The highest BCUT2D eigenvalue weighted by atomic mass is 35.5. The molecule has 2 heterocycles. The quantitative estimate of drug-likeness (QED) is 0.309. The molecule has 5 rings (SSSR count). The molecule has 166 valence electrons. The van der Waals surface area contributed by atoms with E-state index in [0.29, 0.717) is 28.2 Å². The van der Waals surface area contributed by atoms with Gasteiger partial charge in [-0.25, -0.2) is 9.37 Å². The summed E-state index contributed by atoms with van der Waals surface area (Å²) in [5.74, 6) is -0.268. The lowest BCUT2D eigenvalue weighted by Gasteiger charge is -2.14. The number of rotatable bonds is 5. The molecule has 2 aromatic heterocycles. The topological polar surface area (TPSA) is 39.8 Å². The Bertz CT molecular complexity index is 1520. The van der Waals surface area contributed by atoms with E-state index in [1.54, 1.807) is 23.0 Å². The summed E-state index contributed by atoms with van der Waals surface area (Å²) < 4.78 is 18.1. The van der Waals surface area contributed by atoms with E-state index in [1.165, 1.54) is 6.07 Å². The fraction of sp³-hybridized carbons (Fsp3) is 0.185. The minimum Gasteiger partial charge on any atom is -0.330 e. The van der Waals surface area contributed by atoms with Gasteiger partial charge in [-0.05, 0) is 42.7 Å². The molecule has 0 saturated carbocycles. The molecule has 6 heteroatoms. The average Bonchev–Trinajstić information content (AvgIpc) is 3.12. The summed E-state index contributed by atoms with van der Waals surface area (Å²) >= 11 is 6.33. The van der Waals surface area contributed by atoms with Crippen LogP contribution in [0.1, 0.15) is 29.5 Å². The van der Waals surface area contributed by atoms with Gasteiger partial charge >= 0.3 is 0 Å². The van der Waals surface area contributed by atoms with Gasteiger partial charge in [-0.15, -0.1) is 0 Å². The molecule has 1 unspecified atom stereocenters. The first kappa shape index (κ1) is 21.4. The molecule has 1 atom stereocenters. The van der Waals surface area contributed by atoms with E-state index >= 15 is 0 Å². The fourth-order valence-corrected chi connectivity index (χ4v) is 4.65. The van der Waals surface area contributed by atoms with Gasteiger partial charge in [0.15, 0.2) is 0 Å². The van der Waals surface area contributed by atoms with Crippen molar-refractivity contribution >= 4 is 33.5 Å². The Labute approximate surface area is 195 Å². The molecule has 0 aliphatic rings. The van der Waals surface area contributed by atoms with E-state index in [4.69, 9.17) is 11.6 Å². The lowest BCUT2D eigenvalue weighted by molar-refractivity contribution is 0.574. The largest absolute Gasteiger partial charge is 0.330 e. The first-order chi connectivity index (χ1) is 15.9. The smallest absolute Gasteiger partial charge is 0.277 e. The summed E-state index contributed by atoms with van der Waals surface area (Å²) in [4.78, 5) is 18.4. The molecule has 33 heavy (non-hydrogen) atoms. The predicted molar refractivity (Wildman–Crippen MR) is 132 cm³/mol. The van der Waals surface area contributed by atoms with Crippen LogP contribution in [-0.4, -0.2) is 14.1 Å². The van der Waals surface area contributed by atoms with Gasteiger partial charge < -0.3 is 4.57 Å². The summed E-state index contributed by atoms with van der Waals surface area (Å²) in [5, 5.41) is 1.21. The van der Waals surface area contributed by atoms with E-state index in [-0.39, 0.29) is 18.0 Å². The van der Waals surface area contributed by atoms with Crippen LogP contribution in [-0.2, 0) is 13.1 Å². The van der Waals surface area contributed by atoms with Crippen LogP contribution in [0, 0.1) is 12.7 Å². The van der Waals surface area contributed by atoms with Crippen LogP contribution < -0.4 is 5.56 Å². The Morgan fingerprint density at radius 3 is 2.61 bits per heavy atom. The number of aromatic nitrogens is 3. The van der Waals surface area contributed by atoms with Crippen molar-refractivity contribution in [3.63, 3.8) is 0 Å². The van der Waals surface area contributed by atoms with Crippen LogP contribution in [0.2, 0.25) is 5.02 Å². The van der Waals surface area contributed by atoms with Crippen molar-refractivity contribution in [1.29, 1.82) is 0 Å². The number of aryl methyl sites for hydroxylation is 1. The summed E-state index contributed by atoms with van der Waals surface area (Å²) in [6.45, 7) is 4.72. The molecule has 0 aliphatic carbocycles. The maximum absolute atomic E-state index is 14.6. The zero-order chi connectivity index (χ0) is 23.1. The van der Waals surface area contributed by atoms with Crippen LogP contribution in [0.5, 0.6) is 0 Å². The lowest BCUT2D eigenvalue weighted by atomic mass is 10.0. The molecule has 0 fully saturated rings. The number of hydrogen-bond acceptors (Lipinski definition) is 2. The van der Waals surface area contributed by atoms with Gasteiger partial charge in [0.25, 0.3) is 5.56 Å². The van der Waals surface area contributed by atoms with Crippen LogP contribution in [0.4, 0.5) is 4.39 Å². The zero-order valence-corrected chi connectivity index (χ0v) is 19.2. The molecule has 5 aromatic rings. The van der Waals surface area contributed by atoms with E-state index < -0.39 is 5.82 Å². The normalized spacial score (nSPS) is 12.5. The molecule has 0 bridgehead atoms. The molecule has 0 saturated heterocycles. The van der Waals surface area contributed by atoms with Gasteiger partial charge in [0.2, 0.25) is 0 Å². The van der Waals surface area contributed by atoms with Crippen molar-refractivity contribution < 1.29 is 4.39 Å². The van der Waals surface area contributed by atoms with Crippen LogP contribution >= 0.6 is 11.6 Å². The van der Waals surface area contributed by atoms with Gasteiger partial charge in [-0.2, -0.15) is 0 Å². The standard InChI is InChI=1S/C27H23ClFN3O/c1-17-11-12-24-20(13-17)25-26(32(24)15-21-22(28)9-6-10-23(21)29)27(33)31(16-30-25)14-18(2)19-7-4-3-5-8-19/h3-13,16,18H,14-15H2,1-2H3. The minimum atomic E-state index is -0.397. The summed E-state index contributed by atoms with van der Waals surface area (Å²) in [7, 11) is 0. The van der Waals surface area contributed by atoms with Gasteiger partial charge in [-0.3, -0.25) is 9.36 Å². The summed E-state index contributed by atoms with van der Waals surface area (Å²) in [6.07, 6.45) is 1.62. The number of halogens is 2. The fourth-order valence-electron chi connectivity index (χ4n) is 4.43. The van der Waals surface area contributed by atoms with E-state index in [9.17, 15) is 9.18 Å². The van der Waals surface area contributed by atoms with Crippen LogP contribution in [0.25, 0.3) is 21.9 Å². The number of nitrogens with zero attached hydrogens (tertiary/aromatic N) is 3. The minimum absolute atomic E-state index is 0.129. The van der Waals surface area contributed by atoms with Crippen molar-refractivity contribution in [2.75, 3.05) is 0 Å². The average molecular weight is 460 g/mol. The molecule has 0 aliphatic heterocycles. The van der Waals surface area contributed by atoms with E-state index in [1.807, 2.05) is 47.9 Å². The predicted octanol–water partition coefficient (Wildman–Crippen LogP) is 6.30. The Morgan fingerprint density at radius 2 is 1.85 bits per heavy atom. The molecule has 0 N–H and O–H groups in total. The van der Waals surface area contributed by atoms with Gasteiger partial charge in [0.1, 0.15) is 16.9 Å². The third kappa shape index (κ3) is 3.83. The van der Waals surface area contributed by atoms with Crippen molar-refractivity contribution in [3.8, 4) is 0 Å². The maximum Gasteiger partial charge on any atom is 0.277 e. The summed E-state index contributed by atoms with van der Waals surface area (Å²) in [5.41, 5.74) is 4.32. The molecular formula is C27H23ClFN3O. The lowest BCUT2D eigenvalue weighted by Crippen LogP contribution is -2.25. The Morgan fingerprint density at radius 1 is 1.06 bits per heavy atom. The van der Waals surface area contributed by atoms with Gasteiger partial charge in [-0.1, -0.05) is 66.6 Å². The number of fused-ring (bicyclic) bond motifs is 3. The molecule has 0 radical (unpaired) electrons. The maximum atomic E-state index is 14.6.